The minimum Gasteiger partial charge on any atom is -0.466 e. The van der Waals surface area contributed by atoms with E-state index in [-0.39, 0.29) is 6.04 Å². The van der Waals surface area contributed by atoms with Gasteiger partial charge in [-0.3, -0.25) is 0 Å². The lowest BCUT2D eigenvalue weighted by Gasteiger charge is -2.22. The second kappa shape index (κ2) is 8.22. The van der Waals surface area contributed by atoms with Gasteiger partial charge in [-0.1, -0.05) is 36.4 Å². The van der Waals surface area contributed by atoms with Crippen LogP contribution in [0.4, 0.5) is 4.79 Å². The van der Waals surface area contributed by atoms with Crippen LogP contribution in [0.3, 0.4) is 0 Å². The molecule has 1 amide bonds. The maximum absolute atomic E-state index is 11.9. The van der Waals surface area contributed by atoms with E-state index < -0.39 is 17.7 Å². The van der Waals surface area contributed by atoms with Crippen molar-refractivity contribution in [2.24, 2.45) is 0 Å². The molecule has 0 aromatic heterocycles. The summed E-state index contributed by atoms with van der Waals surface area (Å²) in [5.41, 5.74) is 0.464. The minimum atomic E-state index is -0.576. The van der Waals surface area contributed by atoms with Crippen LogP contribution in [-0.2, 0) is 20.7 Å². The van der Waals surface area contributed by atoms with Crippen LogP contribution in [0, 0.1) is 0 Å². The number of alkyl carbamates (subject to hydrolysis) is 1. The molecule has 0 aliphatic carbocycles. The van der Waals surface area contributed by atoms with Crippen molar-refractivity contribution in [2.45, 2.75) is 38.8 Å². The van der Waals surface area contributed by atoms with E-state index in [1.54, 1.807) is 26.8 Å². The fraction of sp³-hybridized carbons (Fsp3) is 0.412. The zero-order chi connectivity index (χ0) is 16.6. The molecule has 0 radical (unpaired) electrons. The lowest BCUT2D eigenvalue weighted by atomic mass is 10.1. The third-order valence-corrected chi connectivity index (χ3v) is 2.67. The number of ether oxygens (including phenoxy) is 2. The van der Waals surface area contributed by atoms with E-state index >= 15 is 0 Å². The Labute approximate surface area is 131 Å². The molecular weight excluding hydrogens is 282 g/mol. The smallest absolute Gasteiger partial charge is 0.408 e. The Kier molecular flexibility index (Phi) is 6.63. The molecule has 0 heterocycles. The molecule has 1 N–H and O–H groups in total. The van der Waals surface area contributed by atoms with E-state index in [4.69, 9.17) is 4.74 Å². The second-order valence-electron chi connectivity index (χ2n) is 5.82. The molecule has 0 unspecified atom stereocenters. The maximum Gasteiger partial charge on any atom is 0.408 e. The molecule has 120 valence electrons. The third kappa shape index (κ3) is 7.47. The number of benzene rings is 1. The number of nitrogens with one attached hydrogen (secondary N) is 1. The Morgan fingerprint density at radius 2 is 1.86 bits per heavy atom. The molecule has 0 aliphatic rings. The van der Waals surface area contributed by atoms with Crippen molar-refractivity contribution in [3.8, 4) is 0 Å². The number of amides is 1. The van der Waals surface area contributed by atoms with Crippen LogP contribution in [0.25, 0.3) is 0 Å². The van der Waals surface area contributed by atoms with E-state index in [0.29, 0.717) is 6.42 Å². The van der Waals surface area contributed by atoms with Crippen molar-refractivity contribution in [3.63, 3.8) is 0 Å². The van der Waals surface area contributed by atoms with Gasteiger partial charge in [0.2, 0.25) is 0 Å². The Bertz CT molecular complexity index is 517. The average molecular weight is 305 g/mol. The summed E-state index contributed by atoms with van der Waals surface area (Å²) < 4.78 is 9.81. The van der Waals surface area contributed by atoms with Gasteiger partial charge in [0.1, 0.15) is 5.60 Å². The molecule has 0 bridgehead atoms. The summed E-state index contributed by atoms with van der Waals surface area (Å²) in [7, 11) is 1.31. The standard InChI is InChI=1S/C17H23NO4/c1-17(2,3)22-16(20)18-14(10-11-15(19)21-4)12-13-8-6-5-7-9-13/h5-11,14H,12H2,1-4H3,(H,18,20)/t14-/m1/s1. The summed E-state index contributed by atoms with van der Waals surface area (Å²) in [6, 6.07) is 9.31. The first kappa shape index (κ1) is 17.8. The van der Waals surface area contributed by atoms with Gasteiger partial charge in [0, 0.05) is 6.08 Å². The lowest BCUT2D eigenvalue weighted by Crippen LogP contribution is -2.39. The first-order valence-corrected chi connectivity index (χ1v) is 7.10. The molecule has 0 spiro atoms. The van der Waals surface area contributed by atoms with Crippen molar-refractivity contribution in [2.75, 3.05) is 7.11 Å². The quantitative estimate of drug-likeness (QED) is 0.671. The SMILES string of the molecule is COC(=O)C=C[C@H](Cc1ccccc1)NC(=O)OC(C)(C)C. The molecule has 5 heteroatoms. The molecule has 1 aromatic carbocycles. The normalized spacial score (nSPS) is 12.7. The van der Waals surface area contributed by atoms with Crippen LogP contribution in [0.1, 0.15) is 26.3 Å². The van der Waals surface area contributed by atoms with Gasteiger partial charge in [-0.2, -0.15) is 0 Å². The van der Waals surface area contributed by atoms with Gasteiger partial charge in [0.05, 0.1) is 13.2 Å². The maximum atomic E-state index is 11.9. The molecular formula is C17H23NO4. The highest BCUT2D eigenvalue weighted by molar-refractivity contribution is 5.82. The van der Waals surface area contributed by atoms with E-state index in [9.17, 15) is 9.59 Å². The summed E-state index contributed by atoms with van der Waals surface area (Å²) >= 11 is 0. The topological polar surface area (TPSA) is 64.6 Å². The average Bonchev–Trinajstić information content (AvgIpc) is 2.43. The summed E-state index contributed by atoms with van der Waals surface area (Å²) in [6.07, 6.45) is 2.92. The number of methoxy groups -OCH3 is 1. The zero-order valence-corrected chi connectivity index (χ0v) is 13.5. The Morgan fingerprint density at radius 1 is 1.23 bits per heavy atom. The highest BCUT2D eigenvalue weighted by Crippen LogP contribution is 2.09. The van der Waals surface area contributed by atoms with Crippen LogP contribution in [0.5, 0.6) is 0 Å². The molecule has 1 aromatic rings. The first-order chi connectivity index (χ1) is 10.3. The van der Waals surface area contributed by atoms with Crippen LogP contribution in [-0.4, -0.2) is 30.8 Å². The molecule has 0 saturated carbocycles. The number of esters is 1. The molecule has 0 saturated heterocycles. The largest absolute Gasteiger partial charge is 0.466 e. The van der Waals surface area contributed by atoms with E-state index in [1.807, 2.05) is 30.3 Å². The third-order valence-electron chi connectivity index (χ3n) is 2.67. The van der Waals surface area contributed by atoms with E-state index in [2.05, 4.69) is 10.1 Å². The predicted octanol–water partition coefficient (Wildman–Crippen LogP) is 2.85. The van der Waals surface area contributed by atoms with Crippen molar-refractivity contribution < 1.29 is 19.1 Å². The lowest BCUT2D eigenvalue weighted by molar-refractivity contribution is -0.134. The van der Waals surface area contributed by atoms with E-state index in [0.717, 1.165) is 5.56 Å². The van der Waals surface area contributed by atoms with Crippen molar-refractivity contribution in [1.82, 2.24) is 5.32 Å². The van der Waals surface area contributed by atoms with Gasteiger partial charge in [-0.25, -0.2) is 9.59 Å². The highest BCUT2D eigenvalue weighted by Gasteiger charge is 2.18. The summed E-state index contributed by atoms with van der Waals surface area (Å²) in [4.78, 5) is 23.1. The monoisotopic (exact) mass is 305 g/mol. The number of carbonyl (C=O) groups excluding carboxylic acids is 2. The van der Waals surface area contributed by atoms with Gasteiger partial charge < -0.3 is 14.8 Å². The highest BCUT2D eigenvalue weighted by atomic mass is 16.6. The molecule has 5 nitrogen and oxygen atoms in total. The fourth-order valence-electron chi connectivity index (χ4n) is 1.76. The number of hydrogen-bond donors (Lipinski definition) is 1. The second-order valence-corrected chi connectivity index (χ2v) is 5.82. The number of rotatable bonds is 5. The minimum absolute atomic E-state index is 0.364. The van der Waals surface area contributed by atoms with Crippen LogP contribution in [0.15, 0.2) is 42.5 Å². The Hall–Kier alpha value is -2.30. The van der Waals surface area contributed by atoms with Crippen LogP contribution in [0.2, 0.25) is 0 Å². The summed E-state index contributed by atoms with van der Waals surface area (Å²) in [6.45, 7) is 5.38. The Morgan fingerprint density at radius 3 is 2.41 bits per heavy atom. The fourth-order valence-corrected chi connectivity index (χ4v) is 1.76. The van der Waals surface area contributed by atoms with Crippen molar-refractivity contribution in [3.05, 3.63) is 48.0 Å². The van der Waals surface area contributed by atoms with Gasteiger partial charge in [-0.05, 0) is 32.8 Å². The van der Waals surface area contributed by atoms with Gasteiger partial charge >= 0.3 is 12.1 Å². The van der Waals surface area contributed by atoms with Gasteiger partial charge in [-0.15, -0.1) is 0 Å². The molecule has 1 atom stereocenters. The van der Waals surface area contributed by atoms with Gasteiger partial charge in [0.25, 0.3) is 0 Å². The zero-order valence-electron chi connectivity index (χ0n) is 13.5. The first-order valence-electron chi connectivity index (χ1n) is 7.10. The van der Waals surface area contributed by atoms with Crippen molar-refractivity contribution in [1.29, 1.82) is 0 Å². The summed E-state index contributed by atoms with van der Waals surface area (Å²) in [5, 5.41) is 2.75. The molecule has 0 fully saturated rings. The Balaban J connectivity index is 2.75. The predicted molar refractivity (Wildman–Crippen MR) is 84.5 cm³/mol. The molecule has 1 rings (SSSR count). The van der Waals surface area contributed by atoms with Crippen LogP contribution < -0.4 is 5.32 Å². The molecule has 22 heavy (non-hydrogen) atoms. The van der Waals surface area contributed by atoms with Gasteiger partial charge in [0.15, 0.2) is 0 Å². The number of hydrogen-bond acceptors (Lipinski definition) is 4. The molecule has 0 aliphatic heterocycles. The number of carbonyl (C=O) groups is 2. The van der Waals surface area contributed by atoms with Crippen LogP contribution >= 0.6 is 0 Å². The summed E-state index contributed by atoms with van der Waals surface area (Å²) in [5.74, 6) is -0.468. The van der Waals surface area contributed by atoms with E-state index in [1.165, 1.54) is 13.2 Å². The van der Waals surface area contributed by atoms with Crippen molar-refractivity contribution >= 4 is 12.1 Å².